The van der Waals surface area contributed by atoms with Crippen LogP contribution in [0.1, 0.15) is 13.8 Å². The molecule has 1 aliphatic heterocycles. The van der Waals surface area contributed by atoms with Crippen molar-refractivity contribution in [2.45, 2.75) is 24.3 Å². The molecule has 3 unspecified atom stereocenters. The van der Waals surface area contributed by atoms with Crippen LogP contribution >= 0.6 is 0 Å². The van der Waals surface area contributed by atoms with Gasteiger partial charge in [-0.1, -0.05) is 0 Å². The molecule has 1 fully saturated rings. The summed E-state index contributed by atoms with van der Waals surface area (Å²) in [7, 11) is -1.20. The van der Waals surface area contributed by atoms with E-state index in [9.17, 15) is 9.00 Å². The standard InChI is InChI=1S/C10H20N2O3S/c1-8(7-11)16(14)9(2)10(13)12-3-5-15-6-4-12/h8-9H,3-7,11H2,1-2H3. The first-order valence-corrected chi connectivity index (χ1v) is 6.81. The fourth-order valence-corrected chi connectivity index (χ4v) is 2.82. The van der Waals surface area contributed by atoms with Crippen molar-refractivity contribution < 1.29 is 13.7 Å². The van der Waals surface area contributed by atoms with Gasteiger partial charge in [0.2, 0.25) is 5.91 Å². The van der Waals surface area contributed by atoms with Gasteiger partial charge in [-0.25, -0.2) is 0 Å². The number of rotatable bonds is 4. The van der Waals surface area contributed by atoms with E-state index in [0.29, 0.717) is 32.8 Å². The Morgan fingerprint density at radius 1 is 1.44 bits per heavy atom. The Kier molecular flexibility index (Phi) is 5.37. The first-order chi connectivity index (χ1) is 7.57. The molecule has 1 saturated heterocycles. The largest absolute Gasteiger partial charge is 0.378 e. The Hall–Kier alpha value is -0.460. The first-order valence-electron chi connectivity index (χ1n) is 5.54. The van der Waals surface area contributed by atoms with Crippen molar-refractivity contribution in [1.82, 2.24) is 4.90 Å². The zero-order valence-electron chi connectivity index (χ0n) is 9.85. The Morgan fingerprint density at radius 2 is 2.00 bits per heavy atom. The van der Waals surface area contributed by atoms with Crippen LogP contribution in [0.2, 0.25) is 0 Å². The van der Waals surface area contributed by atoms with Gasteiger partial charge in [-0.15, -0.1) is 0 Å². The van der Waals surface area contributed by atoms with E-state index in [-0.39, 0.29) is 11.2 Å². The fourth-order valence-electron chi connectivity index (χ4n) is 1.58. The van der Waals surface area contributed by atoms with E-state index >= 15 is 0 Å². The molecule has 3 atom stereocenters. The highest BCUT2D eigenvalue weighted by Crippen LogP contribution is 2.08. The molecule has 5 nitrogen and oxygen atoms in total. The molecule has 2 N–H and O–H groups in total. The highest BCUT2D eigenvalue weighted by Gasteiger charge is 2.28. The predicted octanol–water partition coefficient (Wildman–Crippen LogP) is -0.670. The van der Waals surface area contributed by atoms with Gasteiger partial charge in [0.05, 0.1) is 13.2 Å². The summed E-state index contributed by atoms with van der Waals surface area (Å²) < 4.78 is 17.1. The number of carbonyl (C=O) groups excluding carboxylic acids is 1. The zero-order chi connectivity index (χ0) is 12.1. The van der Waals surface area contributed by atoms with Crippen molar-refractivity contribution in [3.05, 3.63) is 0 Å². The SMILES string of the molecule is CC(CN)S(=O)C(C)C(=O)N1CCOCC1. The van der Waals surface area contributed by atoms with E-state index in [1.54, 1.807) is 18.7 Å². The third-order valence-electron chi connectivity index (χ3n) is 2.75. The number of nitrogens with two attached hydrogens (primary N) is 1. The maximum atomic E-state index is 12.0. The molecule has 1 amide bonds. The molecular weight excluding hydrogens is 228 g/mol. The molecule has 0 aromatic carbocycles. The van der Waals surface area contributed by atoms with Crippen LogP contribution in [-0.2, 0) is 20.3 Å². The van der Waals surface area contributed by atoms with E-state index in [1.165, 1.54) is 0 Å². The summed E-state index contributed by atoms with van der Waals surface area (Å²) in [4.78, 5) is 13.7. The van der Waals surface area contributed by atoms with Gasteiger partial charge in [-0.2, -0.15) is 0 Å². The van der Waals surface area contributed by atoms with Crippen LogP contribution in [0.4, 0.5) is 0 Å². The van der Waals surface area contributed by atoms with E-state index in [2.05, 4.69) is 0 Å². The van der Waals surface area contributed by atoms with Gasteiger partial charge in [0.25, 0.3) is 0 Å². The normalized spacial score (nSPS) is 22.6. The van der Waals surface area contributed by atoms with Crippen LogP contribution in [0.25, 0.3) is 0 Å². The zero-order valence-corrected chi connectivity index (χ0v) is 10.7. The topological polar surface area (TPSA) is 72.6 Å². The van der Waals surface area contributed by atoms with Gasteiger partial charge in [0, 0.05) is 35.7 Å². The minimum Gasteiger partial charge on any atom is -0.378 e. The van der Waals surface area contributed by atoms with Gasteiger partial charge >= 0.3 is 0 Å². The fraction of sp³-hybridized carbons (Fsp3) is 0.900. The van der Waals surface area contributed by atoms with Crippen LogP contribution in [0, 0.1) is 0 Å². The molecule has 0 bridgehead atoms. The Bertz CT molecular complexity index is 267. The van der Waals surface area contributed by atoms with Gasteiger partial charge in [-0.05, 0) is 13.8 Å². The highest BCUT2D eigenvalue weighted by atomic mass is 32.2. The summed E-state index contributed by atoms with van der Waals surface area (Å²) in [5, 5.41) is -0.614. The lowest BCUT2D eigenvalue weighted by Crippen LogP contribution is -2.47. The summed E-state index contributed by atoms with van der Waals surface area (Å²) in [6, 6.07) is 0. The average Bonchev–Trinajstić information content (AvgIpc) is 2.36. The lowest BCUT2D eigenvalue weighted by molar-refractivity contribution is -0.134. The molecule has 0 spiro atoms. The van der Waals surface area contributed by atoms with Crippen molar-refractivity contribution in [2.24, 2.45) is 5.73 Å². The number of hydrogen-bond acceptors (Lipinski definition) is 4. The van der Waals surface area contributed by atoms with Crippen molar-refractivity contribution in [3.8, 4) is 0 Å². The molecule has 94 valence electrons. The molecule has 0 saturated carbocycles. The third kappa shape index (κ3) is 3.26. The quantitative estimate of drug-likeness (QED) is 0.716. The molecule has 1 aliphatic rings. The third-order valence-corrected chi connectivity index (χ3v) is 4.63. The van der Waals surface area contributed by atoms with Crippen molar-refractivity contribution in [1.29, 1.82) is 0 Å². The lowest BCUT2D eigenvalue weighted by Gasteiger charge is -2.29. The smallest absolute Gasteiger partial charge is 0.238 e. The van der Waals surface area contributed by atoms with Crippen LogP contribution < -0.4 is 5.73 Å². The Morgan fingerprint density at radius 3 is 2.50 bits per heavy atom. The van der Waals surface area contributed by atoms with E-state index in [0.717, 1.165) is 0 Å². The molecule has 6 heteroatoms. The summed E-state index contributed by atoms with van der Waals surface area (Å²) >= 11 is 0. The maximum Gasteiger partial charge on any atom is 0.238 e. The average molecular weight is 248 g/mol. The maximum absolute atomic E-state index is 12.0. The predicted molar refractivity (Wildman–Crippen MR) is 63.5 cm³/mol. The van der Waals surface area contributed by atoms with Crippen LogP contribution in [0.15, 0.2) is 0 Å². The van der Waals surface area contributed by atoms with Crippen LogP contribution in [0.3, 0.4) is 0 Å². The molecule has 0 aromatic rings. The van der Waals surface area contributed by atoms with Gasteiger partial charge in [-0.3, -0.25) is 9.00 Å². The summed E-state index contributed by atoms with van der Waals surface area (Å²) in [6.45, 7) is 6.18. The summed E-state index contributed by atoms with van der Waals surface area (Å²) in [5.41, 5.74) is 5.45. The number of hydrogen-bond donors (Lipinski definition) is 1. The van der Waals surface area contributed by atoms with E-state index in [1.807, 2.05) is 0 Å². The summed E-state index contributed by atoms with van der Waals surface area (Å²) in [5.74, 6) is -0.0538. The number of amides is 1. The van der Waals surface area contributed by atoms with E-state index in [4.69, 9.17) is 10.5 Å². The molecule has 1 rings (SSSR count). The van der Waals surface area contributed by atoms with Crippen LogP contribution in [0.5, 0.6) is 0 Å². The molecule has 0 aromatic heterocycles. The van der Waals surface area contributed by atoms with E-state index < -0.39 is 16.0 Å². The van der Waals surface area contributed by atoms with Gasteiger partial charge in [0.1, 0.15) is 5.25 Å². The van der Waals surface area contributed by atoms with Crippen molar-refractivity contribution >= 4 is 16.7 Å². The molecule has 1 heterocycles. The molecular formula is C10H20N2O3S. The molecule has 0 aliphatic carbocycles. The molecule has 16 heavy (non-hydrogen) atoms. The second-order valence-electron chi connectivity index (χ2n) is 3.95. The number of nitrogens with zero attached hydrogens (tertiary/aromatic N) is 1. The minimum atomic E-state index is -1.20. The second kappa shape index (κ2) is 6.32. The monoisotopic (exact) mass is 248 g/mol. The van der Waals surface area contributed by atoms with Gasteiger partial charge in [0.15, 0.2) is 0 Å². The van der Waals surface area contributed by atoms with Crippen molar-refractivity contribution in [2.75, 3.05) is 32.8 Å². The molecule has 0 radical (unpaired) electrons. The number of morpholine rings is 1. The number of carbonyl (C=O) groups is 1. The Labute approximate surface area is 98.8 Å². The van der Waals surface area contributed by atoms with Crippen molar-refractivity contribution in [3.63, 3.8) is 0 Å². The highest BCUT2D eigenvalue weighted by molar-refractivity contribution is 7.87. The first kappa shape index (κ1) is 13.6. The number of ether oxygens (including phenoxy) is 1. The minimum absolute atomic E-state index is 0.0538. The van der Waals surface area contributed by atoms with Crippen LogP contribution in [-0.4, -0.2) is 58.4 Å². The summed E-state index contributed by atoms with van der Waals surface area (Å²) in [6.07, 6.45) is 0. The Balaban J connectivity index is 2.55. The second-order valence-corrected chi connectivity index (χ2v) is 6.12. The lowest BCUT2D eigenvalue weighted by atomic mass is 10.3. The van der Waals surface area contributed by atoms with Gasteiger partial charge < -0.3 is 15.4 Å².